The molecule has 1 spiro atoms. The molecule has 0 unspecified atom stereocenters. The molecule has 3 aromatic rings. The third kappa shape index (κ3) is 3.27. The first-order valence-corrected chi connectivity index (χ1v) is 9.43. The number of aromatic amines is 1. The summed E-state index contributed by atoms with van der Waals surface area (Å²) in [7, 11) is 0. The number of alkyl halides is 3. The van der Waals surface area contributed by atoms with Gasteiger partial charge in [0.2, 0.25) is 0 Å². The zero-order valence-corrected chi connectivity index (χ0v) is 15.4. The molecular weight excluding hydrogens is 383 g/mol. The molecule has 0 bridgehead atoms. The van der Waals surface area contributed by atoms with Gasteiger partial charge in [-0.1, -0.05) is 29.4 Å². The number of imidazole rings is 1. The highest BCUT2D eigenvalue weighted by Crippen LogP contribution is 2.38. The van der Waals surface area contributed by atoms with Crippen LogP contribution in [0.1, 0.15) is 30.7 Å². The fourth-order valence-corrected chi connectivity index (χ4v) is 3.95. The first-order valence-electron chi connectivity index (χ1n) is 9.43. The van der Waals surface area contributed by atoms with Crippen LogP contribution in [0.2, 0.25) is 0 Å². The molecule has 0 amide bonds. The molecule has 2 aromatic carbocycles. The van der Waals surface area contributed by atoms with Crippen molar-refractivity contribution in [2.75, 3.05) is 13.2 Å². The predicted molar refractivity (Wildman–Crippen MR) is 102 cm³/mol. The maximum absolute atomic E-state index is 13.4. The highest BCUT2D eigenvalue weighted by Gasteiger charge is 2.41. The Morgan fingerprint density at radius 2 is 1.83 bits per heavy atom. The Kier molecular flexibility index (Phi) is 4.13. The molecule has 1 fully saturated rings. The topological polar surface area (TPSA) is 59.5 Å². The zero-order chi connectivity index (χ0) is 20.1. The van der Waals surface area contributed by atoms with Crippen LogP contribution in [0.15, 0.2) is 47.6 Å². The van der Waals surface area contributed by atoms with E-state index in [9.17, 15) is 13.2 Å². The molecule has 3 heterocycles. The van der Waals surface area contributed by atoms with Crippen LogP contribution in [0, 0.1) is 0 Å². The molecule has 0 radical (unpaired) electrons. The predicted octanol–water partition coefficient (Wildman–Crippen LogP) is 4.92. The summed E-state index contributed by atoms with van der Waals surface area (Å²) in [6.07, 6.45) is -2.23. The SMILES string of the molecule is FC(F)(F)c1ccccc1-c1ccc2[nH]c(C3=NOC4(CCOCC4)C3)nc2c1. The van der Waals surface area contributed by atoms with Crippen molar-refractivity contribution in [1.29, 1.82) is 0 Å². The van der Waals surface area contributed by atoms with Gasteiger partial charge in [-0.25, -0.2) is 4.98 Å². The maximum atomic E-state index is 13.4. The minimum atomic E-state index is -4.42. The fraction of sp³-hybridized carbons (Fsp3) is 0.333. The quantitative estimate of drug-likeness (QED) is 0.663. The summed E-state index contributed by atoms with van der Waals surface area (Å²) in [6, 6.07) is 10.6. The van der Waals surface area contributed by atoms with E-state index >= 15 is 0 Å². The Morgan fingerprint density at radius 1 is 1.03 bits per heavy atom. The van der Waals surface area contributed by atoms with Gasteiger partial charge in [0.25, 0.3) is 0 Å². The van der Waals surface area contributed by atoms with Gasteiger partial charge in [-0.15, -0.1) is 0 Å². The van der Waals surface area contributed by atoms with Crippen LogP contribution in [0.3, 0.4) is 0 Å². The number of fused-ring (bicyclic) bond motifs is 1. The minimum Gasteiger partial charge on any atom is -0.388 e. The highest BCUT2D eigenvalue weighted by molar-refractivity contribution is 6.01. The van der Waals surface area contributed by atoms with E-state index in [-0.39, 0.29) is 11.2 Å². The van der Waals surface area contributed by atoms with Gasteiger partial charge < -0.3 is 14.6 Å². The van der Waals surface area contributed by atoms with Gasteiger partial charge in [0.1, 0.15) is 11.3 Å². The number of halogens is 3. The monoisotopic (exact) mass is 401 g/mol. The molecule has 1 aromatic heterocycles. The summed E-state index contributed by atoms with van der Waals surface area (Å²) in [5.41, 5.74) is 1.66. The first kappa shape index (κ1) is 18.2. The van der Waals surface area contributed by atoms with Crippen molar-refractivity contribution in [3.8, 4) is 11.1 Å². The summed E-state index contributed by atoms with van der Waals surface area (Å²) in [5.74, 6) is 0.588. The normalized spacial score (nSPS) is 18.8. The van der Waals surface area contributed by atoms with Crippen LogP contribution in [-0.4, -0.2) is 34.5 Å². The number of oxime groups is 1. The second-order valence-corrected chi connectivity index (χ2v) is 7.46. The van der Waals surface area contributed by atoms with Gasteiger partial charge in [0.05, 0.1) is 29.8 Å². The van der Waals surface area contributed by atoms with E-state index in [1.807, 2.05) is 0 Å². The lowest BCUT2D eigenvalue weighted by atomic mass is 9.89. The molecule has 0 atom stereocenters. The van der Waals surface area contributed by atoms with Crippen molar-refractivity contribution >= 4 is 16.7 Å². The number of hydrogen-bond acceptors (Lipinski definition) is 4. The summed E-state index contributed by atoms with van der Waals surface area (Å²) in [6.45, 7) is 1.29. The Morgan fingerprint density at radius 3 is 2.62 bits per heavy atom. The Balaban J connectivity index is 1.48. The lowest BCUT2D eigenvalue weighted by Crippen LogP contribution is -2.36. The number of H-pyrrole nitrogens is 1. The third-order valence-corrected chi connectivity index (χ3v) is 5.54. The van der Waals surface area contributed by atoms with E-state index in [0.717, 1.165) is 30.1 Å². The van der Waals surface area contributed by atoms with Crippen molar-refractivity contribution in [2.24, 2.45) is 5.16 Å². The summed E-state index contributed by atoms with van der Waals surface area (Å²) >= 11 is 0. The third-order valence-electron chi connectivity index (χ3n) is 5.54. The number of nitrogens with zero attached hydrogens (tertiary/aromatic N) is 2. The summed E-state index contributed by atoms with van der Waals surface area (Å²) in [5, 5.41) is 4.22. The van der Waals surface area contributed by atoms with Crippen molar-refractivity contribution in [3.05, 3.63) is 53.9 Å². The average Bonchev–Trinajstić information content (AvgIpc) is 3.32. The smallest absolute Gasteiger partial charge is 0.388 e. The van der Waals surface area contributed by atoms with Crippen LogP contribution >= 0.6 is 0 Å². The molecule has 29 heavy (non-hydrogen) atoms. The van der Waals surface area contributed by atoms with E-state index in [2.05, 4.69) is 15.1 Å². The number of hydrogen-bond donors (Lipinski definition) is 1. The molecule has 0 saturated carbocycles. The number of aromatic nitrogens is 2. The van der Waals surface area contributed by atoms with Crippen molar-refractivity contribution < 1.29 is 22.7 Å². The molecule has 5 nitrogen and oxygen atoms in total. The average molecular weight is 401 g/mol. The van der Waals surface area contributed by atoms with Gasteiger partial charge in [-0.05, 0) is 29.3 Å². The van der Waals surface area contributed by atoms with Crippen LogP contribution in [0.25, 0.3) is 22.2 Å². The maximum Gasteiger partial charge on any atom is 0.417 e. The van der Waals surface area contributed by atoms with Crippen LogP contribution in [-0.2, 0) is 15.8 Å². The largest absolute Gasteiger partial charge is 0.417 e. The van der Waals surface area contributed by atoms with Crippen molar-refractivity contribution in [3.63, 3.8) is 0 Å². The number of rotatable bonds is 2. The Bertz CT molecular complexity index is 1100. The van der Waals surface area contributed by atoms with Crippen molar-refractivity contribution in [2.45, 2.75) is 31.0 Å². The number of nitrogens with one attached hydrogen (secondary N) is 1. The molecule has 5 rings (SSSR count). The molecule has 2 aliphatic heterocycles. The standard InChI is InChI=1S/C21H18F3N3O2/c22-21(23,24)15-4-2-1-3-14(15)13-5-6-16-17(11-13)26-19(25-16)18-12-20(29-27-18)7-9-28-10-8-20/h1-6,11H,7-10,12H2,(H,25,26). The molecule has 150 valence electrons. The molecule has 2 aliphatic rings. The Hall–Kier alpha value is -2.87. The van der Waals surface area contributed by atoms with E-state index in [1.165, 1.54) is 12.1 Å². The lowest BCUT2D eigenvalue weighted by Gasteiger charge is -2.30. The second kappa shape index (κ2) is 6.59. The molecule has 8 heteroatoms. The molecule has 0 aliphatic carbocycles. The first-order chi connectivity index (χ1) is 13.9. The Labute approximate surface area is 164 Å². The lowest BCUT2D eigenvalue weighted by molar-refractivity contribution is -0.137. The number of ether oxygens (including phenoxy) is 1. The van der Waals surface area contributed by atoms with Crippen molar-refractivity contribution in [1.82, 2.24) is 9.97 Å². The van der Waals surface area contributed by atoms with E-state index in [0.29, 0.717) is 36.5 Å². The van der Waals surface area contributed by atoms with E-state index in [1.54, 1.807) is 24.3 Å². The zero-order valence-electron chi connectivity index (χ0n) is 15.4. The molecular formula is C21H18F3N3O2. The van der Waals surface area contributed by atoms with Gasteiger partial charge in [0.15, 0.2) is 5.82 Å². The van der Waals surface area contributed by atoms with E-state index in [4.69, 9.17) is 9.57 Å². The van der Waals surface area contributed by atoms with Gasteiger partial charge in [0, 0.05) is 19.3 Å². The minimum absolute atomic E-state index is 0.133. The molecule has 1 N–H and O–H groups in total. The van der Waals surface area contributed by atoms with Gasteiger partial charge in [-0.2, -0.15) is 13.2 Å². The van der Waals surface area contributed by atoms with Crippen LogP contribution in [0.4, 0.5) is 13.2 Å². The van der Waals surface area contributed by atoms with Crippen LogP contribution < -0.4 is 0 Å². The summed E-state index contributed by atoms with van der Waals surface area (Å²) < 4.78 is 45.5. The van der Waals surface area contributed by atoms with Gasteiger partial charge in [-0.3, -0.25) is 0 Å². The molecule has 1 saturated heterocycles. The van der Waals surface area contributed by atoms with Crippen LogP contribution in [0.5, 0.6) is 0 Å². The second-order valence-electron chi connectivity index (χ2n) is 7.46. The van der Waals surface area contributed by atoms with E-state index < -0.39 is 11.7 Å². The number of benzene rings is 2. The van der Waals surface area contributed by atoms with Gasteiger partial charge >= 0.3 is 6.18 Å². The fourth-order valence-electron chi connectivity index (χ4n) is 3.95. The highest BCUT2D eigenvalue weighted by atomic mass is 19.4. The summed E-state index contributed by atoms with van der Waals surface area (Å²) in [4.78, 5) is 13.5.